The Balaban J connectivity index is 2.88. The largest absolute Gasteiger partial charge is 0.478 e. The monoisotopic (exact) mass is 221 g/mol. The number of hydrogen-bond donors (Lipinski definition) is 1. The number of aromatic carboxylic acids is 1. The molecule has 2 aromatic rings. The lowest BCUT2D eigenvalue weighted by molar-refractivity contribution is 0.0698. The van der Waals surface area contributed by atoms with Gasteiger partial charge in [0.05, 0.1) is 5.56 Å². The molecule has 0 bridgehead atoms. The van der Waals surface area contributed by atoms with Crippen molar-refractivity contribution in [1.29, 1.82) is 0 Å². The molecule has 1 heterocycles. The van der Waals surface area contributed by atoms with Crippen LogP contribution in [-0.4, -0.2) is 21.9 Å². The summed E-state index contributed by atoms with van der Waals surface area (Å²) in [5.74, 6) is -0.873. The number of fused-ring (bicyclic) bond motifs is 1. The lowest BCUT2D eigenvalue weighted by Gasteiger charge is -2.01. The van der Waals surface area contributed by atoms with E-state index in [1.807, 2.05) is 36.1 Å². The van der Waals surface area contributed by atoms with E-state index in [0.29, 0.717) is 5.56 Å². The fourth-order valence-corrected chi connectivity index (χ4v) is 2.38. The molecule has 2 rings (SSSR count). The van der Waals surface area contributed by atoms with Gasteiger partial charge in [-0.1, -0.05) is 6.07 Å². The fraction of sp³-hybridized carbons (Fsp3) is 0.182. The Kier molecular flexibility index (Phi) is 2.44. The predicted molar refractivity (Wildman–Crippen MR) is 61.7 cm³/mol. The molecule has 0 aliphatic carbocycles. The van der Waals surface area contributed by atoms with Crippen LogP contribution in [0.1, 0.15) is 10.4 Å². The minimum Gasteiger partial charge on any atom is -0.478 e. The van der Waals surface area contributed by atoms with Crippen molar-refractivity contribution in [2.24, 2.45) is 7.05 Å². The Morgan fingerprint density at radius 2 is 2.20 bits per heavy atom. The van der Waals surface area contributed by atoms with Crippen LogP contribution in [0.2, 0.25) is 0 Å². The first kappa shape index (κ1) is 10.1. The van der Waals surface area contributed by atoms with Crippen LogP contribution in [0.4, 0.5) is 0 Å². The summed E-state index contributed by atoms with van der Waals surface area (Å²) in [5.41, 5.74) is 1.33. The van der Waals surface area contributed by atoms with Crippen molar-refractivity contribution in [3.8, 4) is 0 Å². The molecule has 0 saturated carbocycles. The predicted octanol–water partition coefficient (Wildman–Crippen LogP) is 2.60. The van der Waals surface area contributed by atoms with Gasteiger partial charge in [-0.2, -0.15) is 0 Å². The molecule has 1 N–H and O–H groups in total. The van der Waals surface area contributed by atoms with Gasteiger partial charge in [0.1, 0.15) is 0 Å². The molecular formula is C11H11NO2S. The number of rotatable bonds is 2. The van der Waals surface area contributed by atoms with Gasteiger partial charge >= 0.3 is 5.97 Å². The highest BCUT2D eigenvalue weighted by atomic mass is 32.2. The SMILES string of the molecule is CSc1cccc2c1c(C(=O)O)cn2C. The summed E-state index contributed by atoms with van der Waals surface area (Å²) in [4.78, 5) is 12.1. The van der Waals surface area contributed by atoms with Gasteiger partial charge < -0.3 is 9.67 Å². The first-order valence-electron chi connectivity index (χ1n) is 4.50. The summed E-state index contributed by atoms with van der Waals surface area (Å²) in [5, 5.41) is 9.93. The summed E-state index contributed by atoms with van der Waals surface area (Å²) < 4.78 is 1.85. The van der Waals surface area contributed by atoms with Crippen LogP contribution in [0.3, 0.4) is 0 Å². The minimum absolute atomic E-state index is 0.373. The fourth-order valence-electron chi connectivity index (χ4n) is 1.74. The van der Waals surface area contributed by atoms with Gasteiger partial charge in [0.25, 0.3) is 0 Å². The molecule has 4 heteroatoms. The summed E-state index contributed by atoms with van der Waals surface area (Å²) in [6.07, 6.45) is 3.61. The molecule has 0 aliphatic heterocycles. The quantitative estimate of drug-likeness (QED) is 0.792. The van der Waals surface area contributed by atoms with Crippen molar-refractivity contribution in [3.05, 3.63) is 30.0 Å². The third-order valence-electron chi connectivity index (χ3n) is 2.43. The van der Waals surface area contributed by atoms with E-state index in [2.05, 4.69) is 0 Å². The van der Waals surface area contributed by atoms with Crippen LogP contribution in [0.15, 0.2) is 29.3 Å². The molecule has 0 aliphatic rings. The summed E-state index contributed by atoms with van der Waals surface area (Å²) >= 11 is 1.57. The van der Waals surface area contributed by atoms with E-state index >= 15 is 0 Å². The Morgan fingerprint density at radius 1 is 1.47 bits per heavy atom. The second kappa shape index (κ2) is 3.62. The van der Waals surface area contributed by atoms with E-state index < -0.39 is 5.97 Å². The molecule has 0 amide bonds. The molecular weight excluding hydrogens is 210 g/mol. The van der Waals surface area contributed by atoms with Crippen LogP contribution < -0.4 is 0 Å². The van der Waals surface area contributed by atoms with Crippen molar-refractivity contribution in [3.63, 3.8) is 0 Å². The Morgan fingerprint density at radius 3 is 2.80 bits per heavy atom. The summed E-state index contributed by atoms with van der Waals surface area (Å²) in [6, 6.07) is 5.82. The van der Waals surface area contributed by atoms with Crippen molar-refractivity contribution >= 4 is 28.6 Å². The van der Waals surface area contributed by atoms with Gasteiger partial charge in [0, 0.05) is 29.0 Å². The molecule has 0 fully saturated rings. The van der Waals surface area contributed by atoms with E-state index in [1.165, 1.54) is 0 Å². The van der Waals surface area contributed by atoms with Crippen LogP contribution in [0.25, 0.3) is 10.9 Å². The first-order valence-corrected chi connectivity index (χ1v) is 5.73. The Bertz CT molecular complexity index is 531. The maximum Gasteiger partial charge on any atom is 0.337 e. The van der Waals surface area contributed by atoms with Crippen LogP contribution in [0, 0.1) is 0 Å². The molecule has 1 aromatic carbocycles. The van der Waals surface area contributed by atoms with Gasteiger partial charge in [0.2, 0.25) is 0 Å². The van der Waals surface area contributed by atoms with Crippen LogP contribution >= 0.6 is 11.8 Å². The molecule has 0 saturated heterocycles. The highest BCUT2D eigenvalue weighted by Crippen LogP contribution is 2.30. The highest BCUT2D eigenvalue weighted by molar-refractivity contribution is 7.98. The zero-order chi connectivity index (χ0) is 11.0. The van der Waals surface area contributed by atoms with Gasteiger partial charge in [-0.25, -0.2) is 4.79 Å². The second-order valence-electron chi connectivity index (χ2n) is 3.31. The molecule has 0 spiro atoms. The zero-order valence-corrected chi connectivity index (χ0v) is 9.34. The average Bonchev–Trinajstić information content (AvgIpc) is 2.56. The van der Waals surface area contributed by atoms with E-state index in [-0.39, 0.29) is 0 Å². The molecule has 15 heavy (non-hydrogen) atoms. The smallest absolute Gasteiger partial charge is 0.337 e. The first-order chi connectivity index (χ1) is 7.15. The van der Waals surface area contributed by atoms with Crippen molar-refractivity contribution in [1.82, 2.24) is 4.57 Å². The summed E-state index contributed by atoms with van der Waals surface area (Å²) in [7, 11) is 1.86. The van der Waals surface area contributed by atoms with Crippen LogP contribution in [0.5, 0.6) is 0 Å². The number of aromatic nitrogens is 1. The minimum atomic E-state index is -0.873. The lowest BCUT2D eigenvalue weighted by Crippen LogP contribution is -1.94. The molecule has 78 valence electrons. The maximum atomic E-state index is 11.1. The Labute approximate surface area is 91.7 Å². The molecule has 1 aromatic heterocycles. The number of carboxylic acid groups (broad SMARTS) is 1. The molecule has 0 atom stereocenters. The van der Waals surface area contributed by atoms with Crippen molar-refractivity contribution in [2.45, 2.75) is 4.90 Å². The van der Waals surface area contributed by atoms with E-state index in [9.17, 15) is 4.79 Å². The third-order valence-corrected chi connectivity index (χ3v) is 3.21. The molecule has 0 unspecified atom stereocenters. The molecule has 0 radical (unpaired) electrons. The number of nitrogens with zero attached hydrogens (tertiary/aromatic N) is 1. The number of aryl methyl sites for hydroxylation is 1. The van der Waals surface area contributed by atoms with Gasteiger partial charge in [-0.3, -0.25) is 0 Å². The maximum absolute atomic E-state index is 11.1. The van der Waals surface area contributed by atoms with E-state index in [4.69, 9.17) is 5.11 Å². The highest BCUT2D eigenvalue weighted by Gasteiger charge is 2.15. The second-order valence-corrected chi connectivity index (χ2v) is 4.16. The standard InChI is InChI=1S/C11H11NO2S/c1-12-6-7(11(13)14)10-8(12)4-3-5-9(10)15-2/h3-6H,1-2H3,(H,13,14). The lowest BCUT2D eigenvalue weighted by atomic mass is 10.2. The number of hydrogen-bond acceptors (Lipinski definition) is 2. The number of thioether (sulfide) groups is 1. The van der Waals surface area contributed by atoms with E-state index in [0.717, 1.165) is 15.8 Å². The van der Waals surface area contributed by atoms with Gasteiger partial charge in [-0.15, -0.1) is 11.8 Å². The van der Waals surface area contributed by atoms with Crippen molar-refractivity contribution < 1.29 is 9.90 Å². The zero-order valence-electron chi connectivity index (χ0n) is 8.52. The topological polar surface area (TPSA) is 42.2 Å². The number of carbonyl (C=O) groups is 1. The summed E-state index contributed by atoms with van der Waals surface area (Å²) in [6.45, 7) is 0. The van der Waals surface area contributed by atoms with E-state index in [1.54, 1.807) is 18.0 Å². The average molecular weight is 221 g/mol. The number of carboxylic acids is 1. The van der Waals surface area contributed by atoms with Crippen molar-refractivity contribution in [2.75, 3.05) is 6.26 Å². The third kappa shape index (κ3) is 1.51. The van der Waals surface area contributed by atoms with Gasteiger partial charge in [0.15, 0.2) is 0 Å². The Hall–Kier alpha value is -1.42. The molecule has 3 nitrogen and oxygen atoms in total. The van der Waals surface area contributed by atoms with Gasteiger partial charge in [-0.05, 0) is 18.4 Å². The normalized spacial score (nSPS) is 10.8. The number of benzene rings is 1. The van der Waals surface area contributed by atoms with Crippen LogP contribution in [-0.2, 0) is 7.05 Å².